The fourth-order valence-electron chi connectivity index (χ4n) is 2.15. The van der Waals surface area contributed by atoms with E-state index < -0.39 is 0 Å². The molecule has 0 spiro atoms. The normalized spacial score (nSPS) is 11.5. The van der Waals surface area contributed by atoms with Gasteiger partial charge in [-0.3, -0.25) is 4.79 Å². The summed E-state index contributed by atoms with van der Waals surface area (Å²) in [5.74, 6) is -0.120. The predicted octanol–water partition coefficient (Wildman–Crippen LogP) is 5.40. The van der Waals surface area contributed by atoms with Crippen molar-refractivity contribution in [1.29, 1.82) is 0 Å². The third kappa shape index (κ3) is 4.45. The van der Waals surface area contributed by atoms with Crippen LogP contribution in [-0.4, -0.2) is 15.9 Å². The molecular weight excluding hydrogens is 374 g/mol. The zero-order valence-electron chi connectivity index (χ0n) is 14.2. The lowest BCUT2D eigenvalue weighted by Crippen LogP contribution is -2.16. The zero-order valence-corrected chi connectivity index (χ0v) is 16.6. The zero-order chi connectivity index (χ0) is 18.0. The molecule has 7 heteroatoms. The number of anilines is 1. The summed E-state index contributed by atoms with van der Waals surface area (Å²) in [5, 5.41) is 8.82. The monoisotopic (exact) mass is 391 g/mol. The third-order valence-corrected chi connectivity index (χ3v) is 5.53. The maximum absolute atomic E-state index is 12.2. The van der Waals surface area contributed by atoms with Crippen molar-refractivity contribution in [2.75, 3.05) is 5.32 Å². The first-order chi connectivity index (χ1) is 11.8. The number of hydrogen-bond donors (Lipinski definition) is 1. The van der Waals surface area contributed by atoms with Gasteiger partial charge in [-0.2, -0.15) is 0 Å². The van der Waals surface area contributed by atoms with Gasteiger partial charge in [0.05, 0.1) is 22.8 Å². The Morgan fingerprint density at radius 3 is 2.60 bits per heavy atom. The van der Waals surface area contributed by atoms with Crippen molar-refractivity contribution in [2.45, 2.75) is 32.6 Å². The molecule has 25 heavy (non-hydrogen) atoms. The molecule has 1 amide bonds. The van der Waals surface area contributed by atoms with Crippen LogP contribution in [0.25, 0.3) is 10.6 Å². The van der Waals surface area contributed by atoms with Crippen molar-refractivity contribution in [1.82, 2.24) is 9.97 Å². The average molecular weight is 392 g/mol. The van der Waals surface area contributed by atoms with Gasteiger partial charge in [-0.15, -0.1) is 22.7 Å². The fourth-order valence-corrected chi connectivity index (χ4v) is 4.24. The summed E-state index contributed by atoms with van der Waals surface area (Å²) in [6, 6.07) is 7.56. The van der Waals surface area contributed by atoms with Crippen LogP contribution in [0.15, 0.2) is 35.0 Å². The molecule has 0 unspecified atom stereocenters. The smallest absolute Gasteiger partial charge is 0.232 e. The summed E-state index contributed by atoms with van der Waals surface area (Å²) in [5.41, 5.74) is 2.56. The van der Waals surface area contributed by atoms with Crippen LogP contribution in [0.4, 0.5) is 5.13 Å². The molecule has 1 aromatic carbocycles. The van der Waals surface area contributed by atoms with Crippen LogP contribution in [0, 0.1) is 0 Å². The Bertz CT molecular complexity index is 896. The second kappa shape index (κ2) is 7.23. The maximum Gasteiger partial charge on any atom is 0.232 e. The highest BCUT2D eigenvalue weighted by atomic mass is 35.5. The maximum atomic E-state index is 12.2. The predicted molar refractivity (Wildman–Crippen MR) is 106 cm³/mol. The lowest BCUT2D eigenvalue weighted by atomic mass is 9.93. The van der Waals surface area contributed by atoms with E-state index in [1.165, 1.54) is 22.7 Å². The number of rotatable bonds is 4. The first-order valence-electron chi connectivity index (χ1n) is 7.78. The van der Waals surface area contributed by atoms with Gasteiger partial charge in [-0.1, -0.05) is 50.6 Å². The van der Waals surface area contributed by atoms with Crippen LogP contribution in [0.2, 0.25) is 5.02 Å². The van der Waals surface area contributed by atoms with Gasteiger partial charge in [0.15, 0.2) is 5.13 Å². The van der Waals surface area contributed by atoms with Crippen LogP contribution >= 0.6 is 34.3 Å². The molecule has 1 N–H and O–H groups in total. The summed E-state index contributed by atoms with van der Waals surface area (Å²) in [7, 11) is 0. The Kier molecular flexibility index (Phi) is 5.22. The summed E-state index contributed by atoms with van der Waals surface area (Å²) >= 11 is 9.13. The molecule has 2 aromatic heterocycles. The molecule has 0 saturated heterocycles. The van der Waals surface area contributed by atoms with Gasteiger partial charge in [0.1, 0.15) is 5.01 Å². The van der Waals surface area contributed by atoms with Gasteiger partial charge in [0.2, 0.25) is 5.91 Å². The molecule has 0 saturated carbocycles. The first kappa shape index (κ1) is 18.0. The number of nitrogens with one attached hydrogen (secondary N) is 1. The van der Waals surface area contributed by atoms with E-state index in [0.717, 1.165) is 22.0 Å². The average Bonchev–Trinajstić information content (AvgIpc) is 3.17. The molecule has 0 atom stereocenters. The minimum absolute atomic E-state index is 0.0295. The Balaban J connectivity index is 1.66. The Labute approximate surface area is 159 Å². The highest BCUT2D eigenvalue weighted by Gasteiger charge is 2.18. The summed E-state index contributed by atoms with van der Waals surface area (Å²) in [4.78, 5) is 21.3. The van der Waals surface area contributed by atoms with E-state index in [-0.39, 0.29) is 17.7 Å². The number of amides is 1. The largest absolute Gasteiger partial charge is 0.302 e. The lowest BCUT2D eigenvalue weighted by Gasteiger charge is -2.14. The van der Waals surface area contributed by atoms with E-state index in [9.17, 15) is 4.79 Å². The van der Waals surface area contributed by atoms with Crippen LogP contribution in [-0.2, 0) is 16.6 Å². The molecule has 2 heterocycles. The van der Waals surface area contributed by atoms with E-state index in [4.69, 9.17) is 11.6 Å². The first-order valence-corrected chi connectivity index (χ1v) is 9.92. The van der Waals surface area contributed by atoms with E-state index in [1.54, 1.807) is 0 Å². The Hall–Kier alpha value is -1.76. The van der Waals surface area contributed by atoms with Gasteiger partial charge >= 0.3 is 0 Å². The van der Waals surface area contributed by atoms with Crippen molar-refractivity contribution < 1.29 is 4.79 Å². The van der Waals surface area contributed by atoms with E-state index in [2.05, 4.69) is 36.1 Å². The van der Waals surface area contributed by atoms with Gasteiger partial charge in [-0.25, -0.2) is 9.97 Å². The number of carbonyl (C=O) groups is 1. The van der Waals surface area contributed by atoms with E-state index in [1.807, 2.05) is 35.0 Å². The molecule has 0 aliphatic rings. The summed E-state index contributed by atoms with van der Waals surface area (Å²) in [6.07, 6.45) is 0.214. The fraction of sp³-hybridized carbons (Fsp3) is 0.278. The quantitative estimate of drug-likeness (QED) is 0.647. The summed E-state index contributed by atoms with van der Waals surface area (Å²) < 4.78 is 0. The van der Waals surface area contributed by atoms with Gasteiger partial charge in [0.25, 0.3) is 0 Å². The standard InChI is InChI=1S/C18H18ClN3OS2/c1-18(2,3)14-10-25-17(21-14)22-15(23)8-11-9-24-16(20-11)12-6-4-5-7-13(12)19/h4-7,9-10H,8H2,1-3H3,(H,21,22,23). The molecule has 0 bridgehead atoms. The van der Waals surface area contributed by atoms with Crippen LogP contribution in [0.1, 0.15) is 32.2 Å². The van der Waals surface area contributed by atoms with E-state index in [0.29, 0.717) is 10.2 Å². The van der Waals surface area contributed by atoms with Gasteiger partial charge in [0, 0.05) is 21.7 Å². The van der Waals surface area contributed by atoms with Crippen molar-refractivity contribution in [3.8, 4) is 10.6 Å². The molecule has 0 aliphatic carbocycles. The lowest BCUT2D eigenvalue weighted by molar-refractivity contribution is -0.115. The minimum Gasteiger partial charge on any atom is -0.302 e. The third-order valence-electron chi connectivity index (χ3n) is 3.52. The number of carbonyl (C=O) groups excluding carboxylic acids is 1. The SMILES string of the molecule is CC(C)(C)c1csc(NC(=O)Cc2csc(-c3ccccc3Cl)n2)n1. The molecular formula is C18H18ClN3OS2. The van der Waals surface area contributed by atoms with Crippen molar-refractivity contribution in [3.63, 3.8) is 0 Å². The topological polar surface area (TPSA) is 54.9 Å². The molecule has 130 valence electrons. The van der Waals surface area contributed by atoms with Gasteiger partial charge < -0.3 is 5.32 Å². The Morgan fingerprint density at radius 1 is 1.16 bits per heavy atom. The molecule has 0 radical (unpaired) electrons. The second-order valence-electron chi connectivity index (χ2n) is 6.64. The highest BCUT2D eigenvalue weighted by molar-refractivity contribution is 7.14. The molecule has 0 aliphatic heterocycles. The van der Waals surface area contributed by atoms with Crippen LogP contribution in [0.3, 0.4) is 0 Å². The number of halogens is 1. The molecule has 4 nitrogen and oxygen atoms in total. The van der Waals surface area contributed by atoms with Crippen molar-refractivity contribution in [3.05, 3.63) is 51.4 Å². The van der Waals surface area contributed by atoms with Gasteiger partial charge in [-0.05, 0) is 6.07 Å². The number of thiazole rings is 2. The molecule has 3 aromatic rings. The number of benzene rings is 1. The highest BCUT2D eigenvalue weighted by Crippen LogP contribution is 2.30. The molecule has 3 rings (SSSR count). The second-order valence-corrected chi connectivity index (χ2v) is 8.76. The van der Waals surface area contributed by atoms with Crippen molar-refractivity contribution in [2.24, 2.45) is 0 Å². The number of nitrogens with zero attached hydrogens (tertiary/aromatic N) is 2. The number of aromatic nitrogens is 2. The summed E-state index contributed by atoms with van der Waals surface area (Å²) in [6.45, 7) is 6.29. The van der Waals surface area contributed by atoms with Crippen molar-refractivity contribution >= 4 is 45.3 Å². The van der Waals surface area contributed by atoms with Crippen LogP contribution < -0.4 is 5.32 Å². The Morgan fingerprint density at radius 2 is 1.92 bits per heavy atom. The van der Waals surface area contributed by atoms with Crippen LogP contribution in [0.5, 0.6) is 0 Å². The molecule has 0 fully saturated rings. The van der Waals surface area contributed by atoms with E-state index >= 15 is 0 Å². The minimum atomic E-state index is -0.120. The number of hydrogen-bond acceptors (Lipinski definition) is 5.